The molecule has 0 radical (unpaired) electrons. The third kappa shape index (κ3) is 4.87. The van der Waals surface area contributed by atoms with Gasteiger partial charge in [0, 0.05) is 52.9 Å². The van der Waals surface area contributed by atoms with E-state index in [1.165, 1.54) is 6.42 Å². The lowest BCUT2D eigenvalue weighted by atomic mass is 9.95. The van der Waals surface area contributed by atoms with Crippen molar-refractivity contribution in [3.8, 4) is 0 Å². The van der Waals surface area contributed by atoms with Crippen LogP contribution >= 0.6 is 0 Å². The minimum Gasteiger partial charge on any atom is -0.381 e. The van der Waals surface area contributed by atoms with E-state index < -0.39 is 0 Å². The van der Waals surface area contributed by atoms with Crippen molar-refractivity contribution in [3.63, 3.8) is 0 Å². The quantitative estimate of drug-likeness (QED) is 0.851. The zero-order valence-electron chi connectivity index (χ0n) is 13.8. The van der Waals surface area contributed by atoms with Gasteiger partial charge in [-0.3, -0.25) is 4.79 Å². The van der Waals surface area contributed by atoms with Gasteiger partial charge in [0.05, 0.1) is 0 Å². The van der Waals surface area contributed by atoms with Gasteiger partial charge in [-0.15, -0.1) is 0 Å². The number of urea groups is 1. The molecule has 0 aromatic heterocycles. The summed E-state index contributed by atoms with van der Waals surface area (Å²) in [5.74, 6) is 0.788. The van der Waals surface area contributed by atoms with E-state index in [1.54, 1.807) is 19.0 Å². The molecular formula is C16H29N3O3. The van der Waals surface area contributed by atoms with Crippen LogP contribution in [0.25, 0.3) is 0 Å². The van der Waals surface area contributed by atoms with Crippen LogP contribution in [-0.4, -0.2) is 68.7 Å². The van der Waals surface area contributed by atoms with E-state index in [2.05, 4.69) is 5.32 Å². The third-order valence-corrected chi connectivity index (χ3v) is 4.63. The maximum absolute atomic E-state index is 12.2. The Balaban J connectivity index is 1.63. The number of hydrogen-bond acceptors (Lipinski definition) is 3. The second-order valence-electron chi connectivity index (χ2n) is 6.60. The minimum atomic E-state index is 0.0381. The first-order valence-electron chi connectivity index (χ1n) is 8.39. The number of piperidine rings is 1. The Kier molecular flexibility index (Phi) is 6.49. The van der Waals surface area contributed by atoms with E-state index in [4.69, 9.17) is 4.74 Å². The number of carbonyl (C=O) groups excluding carboxylic acids is 2. The minimum absolute atomic E-state index is 0.0381. The highest BCUT2D eigenvalue weighted by atomic mass is 16.5. The highest BCUT2D eigenvalue weighted by Crippen LogP contribution is 2.19. The van der Waals surface area contributed by atoms with Crippen molar-refractivity contribution in [2.75, 3.05) is 46.9 Å². The largest absolute Gasteiger partial charge is 0.381 e. The molecule has 0 aromatic carbocycles. The van der Waals surface area contributed by atoms with Crippen LogP contribution in [0.5, 0.6) is 0 Å². The predicted octanol–water partition coefficient (Wildman–Crippen LogP) is 1.31. The van der Waals surface area contributed by atoms with Gasteiger partial charge in [0.1, 0.15) is 0 Å². The fraction of sp³-hybridized carbons (Fsp3) is 0.875. The average Bonchev–Trinajstić information content (AvgIpc) is 2.55. The maximum Gasteiger partial charge on any atom is 0.319 e. The highest BCUT2D eigenvalue weighted by Gasteiger charge is 2.27. The van der Waals surface area contributed by atoms with Crippen molar-refractivity contribution in [2.24, 2.45) is 11.8 Å². The second-order valence-corrected chi connectivity index (χ2v) is 6.60. The Labute approximate surface area is 133 Å². The lowest BCUT2D eigenvalue weighted by molar-refractivity contribution is -0.126. The molecule has 0 spiro atoms. The lowest BCUT2D eigenvalue weighted by Crippen LogP contribution is -2.46. The molecular weight excluding hydrogens is 282 g/mol. The van der Waals surface area contributed by atoms with Crippen LogP contribution in [0.15, 0.2) is 0 Å². The first-order valence-corrected chi connectivity index (χ1v) is 8.39. The summed E-state index contributed by atoms with van der Waals surface area (Å²) in [7, 11) is 3.52. The van der Waals surface area contributed by atoms with Crippen LogP contribution in [0.4, 0.5) is 4.79 Å². The Bertz CT molecular complexity index is 373. The normalized spacial score (nSPS) is 23.2. The van der Waals surface area contributed by atoms with Crippen LogP contribution in [0.2, 0.25) is 0 Å². The highest BCUT2D eigenvalue weighted by molar-refractivity contribution is 5.79. The fourth-order valence-electron chi connectivity index (χ4n) is 3.19. The van der Waals surface area contributed by atoms with Gasteiger partial charge in [0.25, 0.3) is 0 Å². The van der Waals surface area contributed by atoms with Crippen LogP contribution in [0.3, 0.4) is 0 Å². The molecule has 0 aliphatic carbocycles. The number of rotatable bonds is 4. The fourth-order valence-corrected chi connectivity index (χ4v) is 3.19. The monoisotopic (exact) mass is 311 g/mol. The SMILES string of the molecule is CN(C)C(=O)N1CCC(C(=O)NCC[C@@H]2CCCOC2)CC1. The number of hydrogen-bond donors (Lipinski definition) is 1. The van der Waals surface area contributed by atoms with E-state index >= 15 is 0 Å². The van der Waals surface area contributed by atoms with E-state index in [0.717, 1.165) is 45.4 Å². The average molecular weight is 311 g/mol. The molecule has 126 valence electrons. The molecule has 6 nitrogen and oxygen atoms in total. The van der Waals surface area contributed by atoms with Crippen molar-refractivity contribution in [2.45, 2.75) is 32.1 Å². The van der Waals surface area contributed by atoms with E-state index in [0.29, 0.717) is 19.0 Å². The summed E-state index contributed by atoms with van der Waals surface area (Å²) < 4.78 is 5.46. The Hall–Kier alpha value is -1.30. The molecule has 2 fully saturated rings. The Morgan fingerprint density at radius 1 is 1.23 bits per heavy atom. The van der Waals surface area contributed by atoms with E-state index in [1.807, 2.05) is 4.90 Å². The lowest BCUT2D eigenvalue weighted by Gasteiger charge is -2.33. The van der Waals surface area contributed by atoms with Crippen molar-refractivity contribution in [1.29, 1.82) is 0 Å². The molecule has 0 aromatic rings. The topological polar surface area (TPSA) is 61.9 Å². The first-order chi connectivity index (χ1) is 10.6. The van der Waals surface area contributed by atoms with Gasteiger partial charge in [-0.05, 0) is 38.0 Å². The molecule has 3 amide bonds. The molecule has 6 heteroatoms. The second kappa shape index (κ2) is 8.36. The van der Waals surface area contributed by atoms with Gasteiger partial charge in [0.15, 0.2) is 0 Å². The summed E-state index contributed by atoms with van der Waals surface area (Å²) in [4.78, 5) is 27.5. The molecule has 2 aliphatic rings. The van der Waals surface area contributed by atoms with Gasteiger partial charge < -0.3 is 19.9 Å². The van der Waals surface area contributed by atoms with Crippen LogP contribution in [-0.2, 0) is 9.53 Å². The summed E-state index contributed by atoms with van der Waals surface area (Å²) in [6.07, 6.45) is 4.87. The molecule has 0 unspecified atom stereocenters. The molecule has 1 N–H and O–H groups in total. The molecule has 0 bridgehead atoms. The zero-order chi connectivity index (χ0) is 15.9. The maximum atomic E-state index is 12.2. The van der Waals surface area contributed by atoms with Crippen LogP contribution < -0.4 is 5.32 Å². The number of ether oxygens (including phenoxy) is 1. The molecule has 22 heavy (non-hydrogen) atoms. The summed E-state index contributed by atoms with van der Waals surface area (Å²) in [5, 5.41) is 3.06. The zero-order valence-corrected chi connectivity index (χ0v) is 13.8. The Morgan fingerprint density at radius 3 is 2.55 bits per heavy atom. The first kappa shape index (κ1) is 17.1. The predicted molar refractivity (Wildman–Crippen MR) is 84.5 cm³/mol. The van der Waals surface area contributed by atoms with Gasteiger partial charge in [-0.1, -0.05) is 0 Å². The molecule has 2 heterocycles. The van der Waals surface area contributed by atoms with Crippen molar-refractivity contribution in [1.82, 2.24) is 15.1 Å². The third-order valence-electron chi connectivity index (χ3n) is 4.63. The van der Waals surface area contributed by atoms with E-state index in [-0.39, 0.29) is 17.9 Å². The molecule has 2 rings (SSSR count). The number of nitrogens with one attached hydrogen (secondary N) is 1. The Morgan fingerprint density at radius 2 is 1.95 bits per heavy atom. The summed E-state index contributed by atoms with van der Waals surface area (Å²) >= 11 is 0. The molecule has 0 saturated carbocycles. The molecule has 2 aliphatic heterocycles. The standard InChI is InChI=1S/C16H29N3O3/c1-18(2)16(21)19-9-6-14(7-10-19)15(20)17-8-5-13-4-3-11-22-12-13/h13-14H,3-12H2,1-2H3,(H,17,20)/t13-/m0/s1. The molecule has 2 saturated heterocycles. The van der Waals surface area contributed by atoms with Crippen molar-refractivity contribution in [3.05, 3.63) is 0 Å². The number of likely N-dealkylation sites (tertiary alicyclic amines) is 1. The van der Waals surface area contributed by atoms with Crippen molar-refractivity contribution < 1.29 is 14.3 Å². The summed E-state index contributed by atoms with van der Waals surface area (Å²) in [6.45, 7) is 3.80. The van der Waals surface area contributed by atoms with Gasteiger partial charge in [-0.25, -0.2) is 4.79 Å². The van der Waals surface area contributed by atoms with Gasteiger partial charge in [0.2, 0.25) is 5.91 Å². The number of nitrogens with zero attached hydrogens (tertiary/aromatic N) is 2. The number of amides is 3. The number of carbonyl (C=O) groups is 2. The van der Waals surface area contributed by atoms with Gasteiger partial charge >= 0.3 is 6.03 Å². The van der Waals surface area contributed by atoms with Crippen LogP contribution in [0.1, 0.15) is 32.1 Å². The van der Waals surface area contributed by atoms with E-state index in [9.17, 15) is 9.59 Å². The summed E-state index contributed by atoms with van der Waals surface area (Å²) in [5.41, 5.74) is 0. The van der Waals surface area contributed by atoms with Crippen molar-refractivity contribution >= 4 is 11.9 Å². The smallest absolute Gasteiger partial charge is 0.319 e. The van der Waals surface area contributed by atoms with Crippen LogP contribution in [0, 0.1) is 11.8 Å². The summed E-state index contributed by atoms with van der Waals surface area (Å²) in [6, 6.07) is 0.0381. The van der Waals surface area contributed by atoms with Gasteiger partial charge in [-0.2, -0.15) is 0 Å². The molecule has 1 atom stereocenters.